The van der Waals surface area contributed by atoms with E-state index in [0.29, 0.717) is 13.2 Å². The van der Waals surface area contributed by atoms with Crippen LogP contribution in [0.3, 0.4) is 0 Å². The molecule has 0 atom stereocenters. The van der Waals surface area contributed by atoms with Gasteiger partial charge in [-0.25, -0.2) is 0 Å². The van der Waals surface area contributed by atoms with Crippen molar-refractivity contribution >= 4 is 0 Å². The van der Waals surface area contributed by atoms with Gasteiger partial charge in [-0.15, -0.1) is 0 Å². The number of rotatable bonds is 11. The molecular formula is C16H27NO2. The maximum Gasteiger partial charge on any atom is 0.158 e. The molecule has 0 amide bonds. The summed E-state index contributed by atoms with van der Waals surface area (Å²) in [6, 6.07) is 10.6. The Bertz CT molecular complexity index is 297. The Labute approximate surface area is 117 Å². The molecule has 3 heteroatoms. The second kappa shape index (κ2) is 11.0. The summed E-state index contributed by atoms with van der Waals surface area (Å²) in [5.41, 5.74) is 1.41. The number of nitrogens with one attached hydrogen (secondary N) is 1. The van der Waals surface area contributed by atoms with Gasteiger partial charge in [0.2, 0.25) is 0 Å². The van der Waals surface area contributed by atoms with E-state index in [1.54, 1.807) is 0 Å². The summed E-state index contributed by atoms with van der Waals surface area (Å²) >= 11 is 0. The molecule has 0 aliphatic carbocycles. The minimum atomic E-state index is -0.0587. The third kappa shape index (κ3) is 7.98. The lowest BCUT2D eigenvalue weighted by molar-refractivity contribution is -0.138. The largest absolute Gasteiger partial charge is 0.353 e. The zero-order chi connectivity index (χ0) is 13.8. The van der Waals surface area contributed by atoms with Crippen molar-refractivity contribution in [1.82, 2.24) is 5.32 Å². The highest BCUT2D eigenvalue weighted by Gasteiger charge is 2.06. The van der Waals surface area contributed by atoms with Crippen LogP contribution in [0.15, 0.2) is 30.3 Å². The SMILES string of the molecule is CCOC(CCNCCCc1ccccc1)OCC. The van der Waals surface area contributed by atoms with E-state index in [1.165, 1.54) is 5.56 Å². The Balaban J connectivity index is 2.01. The second-order valence-corrected chi connectivity index (χ2v) is 4.47. The van der Waals surface area contributed by atoms with Crippen LogP contribution in [0.25, 0.3) is 0 Å². The van der Waals surface area contributed by atoms with Crippen LogP contribution in [0.4, 0.5) is 0 Å². The van der Waals surface area contributed by atoms with Crippen molar-refractivity contribution in [3.63, 3.8) is 0 Å². The molecule has 0 aromatic heterocycles. The minimum absolute atomic E-state index is 0.0587. The fourth-order valence-corrected chi connectivity index (χ4v) is 1.99. The zero-order valence-corrected chi connectivity index (χ0v) is 12.2. The molecular weight excluding hydrogens is 238 g/mol. The van der Waals surface area contributed by atoms with Crippen LogP contribution in [0.5, 0.6) is 0 Å². The van der Waals surface area contributed by atoms with E-state index in [4.69, 9.17) is 9.47 Å². The third-order valence-electron chi connectivity index (χ3n) is 2.92. The topological polar surface area (TPSA) is 30.5 Å². The van der Waals surface area contributed by atoms with Crippen LogP contribution in [-0.2, 0) is 15.9 Å². The van der Waals surface area contributed by atoms with Crippen molar-refractivity contribution in [2.24, 2.45) is 0 Å². The van der Waals surface area contributed by atoms with E-state index >= 15 is 0 Å². The van der Waals surface area contributed by atoms with Gasteiger partial charge in [0.25, 0.3) is 0 Å². The van der Waals surface area contributed by atoms with Gasteiger partial charge in [-0.05, 0) is 45.3 Å². The summed E-state index contributed by atoms with van der Waals surface area (Å²) in [4.78, 5) is 0. The van der Waals surface area contributed by atoms with E-state index in [2.05, 4.69) is 35.6 Å². The molecule has 108 valence electrons. The van der Waals surface area contributed by atoms with Crippen molar-refractivity contribution in [3.05, 3.63) is 35.9 Å². The predicted molar refractivity (Wildman–Crippen MR) is 79.3 cm³/mol. The molecule has 19 heavy (non-hydrogen) atoms. The van der Waals surface area contributed by atoms with Gasteiger partial charge in [-0.3, -0.25) is 0 Å². The number of hydrogen-bond acceptors (Lipinski definition) is 3. The van der Waals surface area contributed by atoms with Gasteiger partial charge in [0.15, 0.2) is 6.29 Å². The van der Waals surface area contributed by atoms with E-state index in [1.807, 2.05) is 13.8 Å². The van der Waals surface area contributed by atoms with E-state index in [-0.39, 0.29) is 6.29 Å². The molecule has 0 aliphatic heterocycles. The Morgan fingerprint density at radius 2 is 1.68 bits per heavy atom. The van der Waals surface area contributed by atoms with Crippen molar-refractivity contribution in [2.75, 3.05) is 26.3 Å². The van der Waals surface area contributed by atoms with Crippen molar-refractivity contribution in [3.8, 4) is 0 Å². The fraction of sp³-hybridized carbons (Fsp3) is 0.625. The molecule has 0 fully saturated rings. The van der Waals surface area contributed by atoms with Gasteiger partial charge >= 0.3 is 0 Å². The smallest absolute Gasteiger partial charge is 0.158 e. The van der Waals surface area contributed by atoms with Crippen LogP contribution < -0.4 is 5.32 Å². The maximum atomic E-state index is 5.50. The standard InChI is InChI=1S/C16H27NO2/c1-3-18-16(19-4-2)12-14-17-13-8-11-15-9-6-5-7-10-15/h5-7,9-10,16-17H,3-4,8,11-14H2,1-2H3. The minimum Gasteiger partial charge on any atom is -0.353 e. The normalized spacial score (nSPS) is 11.1. The first-order valence-electron chi connectivity index (χ1n) is 7.34. The molecule has 1 aromatic carbocycles. The Morgan fingerprint density at radius 1 is 1.00 bits per heavy atom. The zero-order valence-electron chi connectivity index (χ0n) is 12.2. The highest BCUT2D eigenvalue weighted by Crippen LogP contribution is 2.02. The summed E-state index contributed by atoms with van der Waals surface area (Å²) in [5.74, 6) is 0. The second-order valence-electron chi connectivity index (χ2n) is 4.47. The van der Waals surface area contributed by atoms with Gasteiger partial charge in [0.1, 0.15) is 0 Å². The van der Waals surface area contributed by atoms with Crippen LogP contribution in [0.1, 0.15) is 32.3 Å². The van der Waals surface area contributed by atoms with Crippen LogP contribution in [0.2, 0.25) is 0 Å². The molecule has 0 radical (unpaired) electrons. The van der Waals surface area contributed by atoms with Gasteiger partial charge in [0.05, 0.1) is 0 Å². The van der Waals surface area contributed by atoms with Crippen LogP contribution >= 0.6 is 0 Å². The quantitative estimate of drug-likeness (QED) is 0.493. The van der Waals surface area contributed by atoms with Crippen molar-refractivity contribution in [1.29, 1.82) is 0 Å². The molecule has 0 saturated carbocycles. The highest BCUT2D eigenvalue weighted by molar-refractivity contribution is 5.14. The van der Waals surface area contributed by atoms with E-state index in [0.717, 1.165) is 32.4 Å². The first-order chi connectivity index (χ1) is 9.36. The highest BCUT2D eigenvalue weighted by atomic mass is 16.7. The molecule has 0 aliphatic rings. The van der Waals surface area contributed by atoms with Crippen LogP contribution in [-0.4, -0.2) is 32.6 Å². The van der Waals surface area contributed by atoms with Gasteiger partial charge in [-0.2, -0.15) is 0 Å². The Morgan fingerprint density at radius 3 is 2.32 bits per heavy atom. The number of aryl methyl sites for hydroxylation is 1. The summed E-state index contributed by atoms with van der Waals surface area (Å²) in [6.07, 6.45) is 3.15. The summed E-state index contributed by atoms with van der Waals surface area (Å²) in [6.45, 7) is 7.40. The molecule has 0 saturated heterocycles. The van der Waals surface area contributed by atoms with E-state index < -0.39 is 0 Å². The third-order valence-corrected chi connectivity index (χ3v) is 2.92. The molecule has 0 unspecified atom stereocenters. The molecule has 1 N–H and O–H groups in total. The number of benzene rings is 1. The molecule has 0 bridgehead atoms. The summed E-state index contributed by atoms with van der Waals surface area (Å²) in [7, 11) is 0. The predicted octanol–water partition coefficient (Wildman–Crippen LogP) is 3.00. The molecule has 1 aromatic rings. The lowest BCUT2D eigenvalue weighted by Gasteiger charge is -2.16. The average molecular weight is 265 g/mol. The molecule has 1 rings (SSSR count). The first-order valence-corrected chi connectivity index (χ1v) is 7.34. The molecule has 0 heterocycles. The average Bonchev–Trinajstić information content (AvgIpc) is 2.44. The maximum absolute atomic E-state index is 5.50. The number of ether oxygens (including phenoxy) is 2. The van der Waals surface area contributed by atoms with Gasteiger partial charge in [0, 0.05) is 19.6 Å². The van der Waals surface area contributed by atoms with Gasteiger partial charge < -0.3 is 14.8 Å². The van der Waals surface area contributed by atoms with E-state index in [9.17, 15) is 0 Å². The molecule has 3 nitrogen and oxygen atoms in total. The van der Waals surface area contributed by atoms with Crippen LogP contribution in [0, 0.1) is 0 Å². The number of hydrogen-bond donors (Lipinski definition) is 1. The van der Waals surface area contributed by atoms with Crippen molar-refractivity contribution in [2.45, 2.75) is 39.4 Å². The summed E-state index contributed by atoms with van der Waals surface area (Å²) < 4.78 is 11.0. The molecule has 0 spiro atoms. The monoisotopic (exact) mass is 265 g/mol. The lowest BCUT2D eigenvalue weighted by atomic mass is 10.1. The summed E-state index contributed by atoms with van der Waals surface area (Å²) in [5, 5.41) is 3.44. The first kappa shape index (κ1) is 16.2. The van der Waals surface area contributed by atoms with Crippen molar-refractivity contribution < 1.29 is 9.47 Å². The fourth-order valence-electron chi connectivity index (χ4n) is 1.99. The Kier molecular flexibility index (Phi) is 9.33. The Hall–Kier alpha value is -0.900. The van der Waals surface area contributed by atoms with Gasteiger partial charge in [-0.1, -0.05) is 30.3 Å². The lowest BCUT2D eigenvalue weighted by Crippen LogP contribution is -2.25.